The Bertz CT molecular complexity index is 419. The average Bonchev–Trinajstić information content (AvgIpc) is 2.34. The molecule has 92 valence electrons. The lowest BCUT2D eigenvalue weighted by Crippen LogP contribution is -2.45. The van der Waals surface area contributed by atoms with E-state index in [-0.39, 0.29) is 11.7 Å². The van der Waals surface area contributed by atoms with Gasteiger partial charge in [-0.25, -0.2) is 9.99 Å². The molecule has 2 N–H and O–H groups in total. The van der Waals surface area contributed by atoms with Crippen molar-refractivity contribution in [3.63, 3.8) is 0 Å². The maximum absolute atomic E-state index is 11.9. The van der Waals surface area contributed by atoms with Crippen LogP contribution in [0.2, 0.25) is 0 Å². The van der Waals surface area contributed by atoms with Crippen molar-refractivity contribution in [3.8, 4) is 5.75 Å². The SMILES string of the molecule is O=C(NN1CCCCC1)c1cnc(I)c(O)c1. The number of carbonyl (C=O) groups excluding carboxylic acids is 1. The summed E-state index contributed by atoms with van der Waals surface area (Å²) in [6, 6.07) is 1.44. The molecular weight excluding hydrogens is 333 g/mol. The Kier molecular flexibility index (Phi) is 4.16. The number of carbonyl (C=O) groups is 1. The molecule has 2 rings (SSSR count). The first-order valence-corrected chi connectivity index (χ1v) is 6.65. The van der Waals surface area contributed by atoms with Crippen molar-refractivity contribution < 1.29 is 9.90 Å². The fraction of sp³-hybridized carbons (Fsp3) is 0.455. The Balaban J connectivity index is 2.01. The molecule has 0 aromatic carbocycles. The molecule has 1 aromatic heterocycles. The molecular formula is C11H14IN3O2. The van der Waals surface area contributed by atoms with Crippen LogP contribution in [0.4, 0.5) is 0 Å². The largest absolute Gasteiger partial charge is 0.505 e. The Morgan fingerprint density at radius 1 is 1.41 bits per heavy atom. The molecule has 0 bridgehead atoms. The van der Waals surface area contributed by atoms with Gasteiger partial charge in [-0.15, -0.1) is 0 Å². The number of aromatic hydroxyl groups is 1. The molecule has 0 spiro atoms. The molecule has 2 heterocycles. The van der Waals surface area contributed by atoms with E-state index in [0.29, 0.717) is 9.26 Å². The highest BCUT2D eigenvalue weighted by atomic mass is 127. The monoisotopic (exact) mass is 347 g/mol. The van der Waals surface area contributed by atoms with E-state index in [4.69, 9.17) is 0 Å². The summed E-state index contributed by atoms with van der Waals surface area (Å²) >= 11 is 1.92. The van der Waals surface area contributed by atoms with Crippen molar-refractivity contribution in [2.45, 2.75) is 19.3 Å². The van der Waals surface area contributed by atoms with Gasteiger partial charge >= 0.3 is 0 Å². The third-order valence-electron chi connectivity index (χ3n) is 2.70. The van der Waals surface area contributed by atoms with Crippen LogP contribution in [0.25, 0.3) is 0 Å². The lowest BCUT2D eigenvalue weighted by molar-refractivity contribution is 0.0749. The van der Waals surface area contributed by atoms with E-state index in [1.807, 2.05) is 27.6 Å². The van der Waals surface area contributed by atoms with Crippen molar-refractivity contribution >= 4 is 28.5 Å². The van der Waals surface area contributed by atoms with Crippen LogP contribution in [-0.2, 0) is 0 Å². The van der Waals surface area contributed by atoms with Gasteiger partial charge in [0.15, 0.2) is 0 Å². The van der Waals surface area contributed by atoms with E-state index < -0.39 is 0 Å². The highest BCUT2D eigenvalue weighted by Gasteiger charge is 2.15. The number of hydrogen-bond donors (Lipinski definition) is 2. The van der Waals surface area contributed by atoms with E-state index in [1.54, 1.807) is 0 Å². The summed E-state index contributed by atoms with van der Waals surface area (Å²) in [7, 11) is 0. The number of hydrazine groups is 1. The standard InChI is InChI=1S/C11H14IN3O2/c12-10-9(16)6-8(7-13-10)11(17)14-15-4-2-1-3-5-15/h6-7,16H,1-5H2,(H,14,17). The quantitative estimate of drug-likeness (QED) is 0.629. The van der Waals surface area contributed by atoms with Crippen LogP contribution in [0.1, 0.15) is 29.6 Å². The van der Waals surface area contributed by atoms with Gasteiger partial charge in [0, 0.05) is 19.3 Å². The molecule has 0 radical (unpaired) electrons. The van der Waals surface area contributed by atoms with Crippen molar-refractivity contribution in [3.05, 3.63) is 21.5 Å². The summed E-state index contributed by atoms with van der Waals surface area (Å²) in [6.07, 6.45) is 4.91. The van der Waals surface area contributed by atoms with Gasteiger partial charge in [0.2, 0.25) is 0 Å². The van der Waals surface area contributed by atoms with Crippen LogP contribution in [-0.4, -0.2) is 34.1 Å². The number of hydrogen-bond acceptors (Lipinski definition) is 4. The lowest BCUT2D eigenvalue weighted by atomic mass is 10.2. The number of nitrogens with zero attached hydrogens (tertiary/aromatic N) is 2. The first kappa shape index (κ1) is 12.6. The summed E-state index contributed by atoms with van der Waals surface area (Å²) in [5.41, 5.74) is 3.21. The maximum Gasteiger partial charge on any atom is 0.267 e. The molecule has 1 fully saturated rings. The van der Waals surface area contributed by atoms with E-state index in [2.05, 4.69) is 10.4 Å². The van der Waals surface area contributed by atoms with E-state index in [0.717, 1.165) is 25.9 Å². The van der Waals surface area contributed by atoms with Gasteiger partial charge in [-0.1, -0.05) is 6.42 Å². The van der Waals surface area contributed by atoms with Crippen molar-refractivity contribution in [1.82, 2.24) is 15.4 Å². The summed E-state index contributed by atoms with van der Waals surface area (Å²) < 4.78 is 0.497. The lowest BCUT2D eigenvalue weighted by Gasteiger charge is -2.26. The van der Waals surface area contributed by atoms with Gasteiger partial charge in [0.05, 0.1) is 5.56 Å². The average molecular weight is 347 g/mol. The highest BCUT2D eigenvalue weighted by molar-refractivity contribution is 14.1. The summed E-state index contributed by atoms with van der Waals surface area (Å²) in [5.74, 6) is -0.178. The van der Waals surface area contributed by atoms with Gasteiger partial charge in [-0.3, -0.25) is 10.2 Å². The van der Waals surface area contributed by atoms with Crippen LogP contribution in [0, 0.1) is 3.70 Å². The number of piperidine rings is 1. The normalized spacial score (nSPS) is 16.8. The molecule has 0 saturated carbocycles. The van der Waals surface area contributed by atoms with Gasteiger partial charge in [-0.2, -0.15) is 0 Å². The Hall–Kier alpha value is -0.890. The number of rotatable bonds is 2. The molecule has 1 saturated heterocycles. The second kappa shape index (κ2) is 5.63. The van der Waals surface area contributed by atoms with Crippen molar-refractivity contribution in [2.24, 2.45) is 0 Å². The number of nitrogens with one attached hydrogen (secondary N) is 1. The van der Waals surface area contributed by atoms with Gasteiger partial charge in [-0.05, 0) is 41.5 Å². The molecule has 1 aliphatic rings. The highest BCUT2D eigenvalue weighted by Crippen LogP contribution is 2.17. The zero-order chi connectivity index (χ0) is 12.3. The van der Waals surface area contributed by atoms with Crippen LogP contribution < -0.4 is 5.43 Å². The minimum Gasteiger partial charge on any atom is -0.505 e. The summed E-state index contributed by atoms with van der Waals surface area (Å²) in [4.78, 5) is 15.8. The summed E-state index contributed by atoms with van der Waals surface area (Å²) in [5, 5.41) is 11.4. The van der Waals surface area contributed by atoms with Gasteiger partial charge in [0.25, 0.3) is 5.91 Å². The topological polar surface area (TPSA) is 65.5 Å². The van der Waals surface area contributed by atoms with Crippen molar-refractivity contribution in [1.29, 1.82) is 0 Å². The van der Waals surface area contributed by atoms with Crippen molar-refractivity contribution in [2.75, 3.05) is 13.1 Å². The molecule has 0 aliphatic carbocycles. The Labute approximate surface area is 113 Å². The van der Waals surface area contributed by atoms with Gasteiger partial charge in [0.1, 0.15) is 9.45 Å². The zero-order valence-corrected chi connectivity index (χ0v) is 11.5. The first-order valence-electron chi connectivity index (χ1n) is 5.57. The van der Waals surface area contributed by atoms with Crippen LogP contribution in [0.5, 0.6) is 5.75 Å². The Morgan fingerprint density at radius 3 is 2.76 bits per heavy atom. The predicted molar refractivity (Wildman–Crippen MR) is 71.5 cm³/mol. The van der Waals surface area contributed by atoms with Crippen LogP contribution >= 0.6 is 22.6 Å². The van der Waals surface area contributed by atoms with E-state index in [1.165, 1.54) is 18.7 Å². The van der Waals surface area contributed by atoms with Gasteiger partial charge < -0.3 is 5.11 Å². The maximum atomic E-state index is 11.9. The number of aromatic nitrogens is 1. The molecule has 1 aromatic rings. The minimum absolute atomic E-state index is 0.0388. The smallest absolute Gasteiger partial charge is 0.267 e. The molecule has 0 unspecified atom stereocenters. The number of halogens is 1. The second-order valence-corrected chi connectivity index (χ2v) is 5.04. The van der Waals surface area contributed by atoms with Crippen LogP contribution in [0.15, 0.2) is 12.3 Å². The summed E-state index contributed by atoms with van der Waals surface area (Å²) in [6.45, 7) is 1.77. The predicted octanol–water partition coefficient (Wildman–Crippen LogP) is 1.52. The number of pyridine rings is 1. The fourth-order valence-electron chi connectivity index (χ4n) is 1.77. The van der Waals surface area contributed by atoms with E-state index >= 15 is 0 Å². The minimum atomic E-state index is -0.217. The fourth-order valence-corrected chi connectivity index (χ4v) is 2.07. The van der Waals surface area contributed by atoms with E-state index in [9.17, 15) is 9.90 Å². The molecule has 5 nitrogen and oxygen atoms in total. The molecule has 0 atom stereocenters. The third kappa shape index (κ3) is 3.29. The Morgan fingerprint density at radius 2 is 2.12 bits per heavy atom. The molecule has 17 heavy (non-hydrogen) atoms. The second-order valence-electron chi connectivity index (χ2n) is 4.02. The zero-order valence-electron chi connectivity index (χ0n) is 9.32. The number of amides is 1. The molecule has 6 heteroatoms. The van der Waals surface area contributed by atoms with Crippen LogP contribution in [0.3, 0.4) is 0 Å². The molecule has 1 amide bonds. The first-order chi connectivity index (χ1) is 8.16. The third-order valence-corrected chi connectivity index (χ3v) is 3.53. The molecule has 1 aliphatic heterocycles.